The lowest BCUT2D eigenvalue weighted by molar-refractivity contribution is 0.0954. The van der Waals surface area contributed by atoms with E-state index in [0.29, 0.717) is 35.5 Å². The molecule has 2 aromatic carbocycles. The zero-order valence-electron chi connectivity index (χ0n) is 20.2. The maximum Gasteiger partial charge on any atom is 0.263 e. The average Bonchev–Trinajstić information content (AvgIpc) is 2.88. The molecule has 6 heteroatoms. The predicted octanol–water partition coefficient (Wildman–Crippen LogP) is 4.91. The van der Waals surface area contributed by atoms with Crippen LogP contribution in [0.1, 0.15) is 61.9 Å². The minimum atomic E-state index is -0.127. The van der Waals surface area contributed by atoms with Gasteiger partial charge in [0.15, 0.2) is 0 Å². The zero-order chi connectivity index (χ0) is 23.9. The molecule has 1 heterocycles. The Labute approximate surface area is 201 Å². The Bertz CT molecular complexity index is 1230. The van der Waals surface area contributed by atoms with Crippen molar-refractivity contribution in [1.29, 1.82) is 0 Å². The molecule has 0 aliphatic heterocycles. The number of nitrogens with zero attached hydrogens (tertiary/aromatic N) is 3. The summed E-state index contributed by atoms with van der Waals surface area (Å²) in [5.41, 5.74) is 3.48. The van der Waals surface area contributed by atoms with E-state index >= 15 is 0 Å². The summed E-state index contributed by atoms with van der Waals surface area (Å²) < 4.78 is 1.74. The molecule has 0 spiro atoms. The van der Waals surface area contributed by atoms with Gasteiger partial charge in [0.1, 0.15) is 0 Å². The van der Waals surface area contributed by atoms with Crippen LogP contribution in [0.15, 0.2) is 65.0 Å². The van der Waals surface area contributed by atoms with Crippen LogP contribution in [0.5, 0.6) is 0 Å². The topological polar surface area (TPSA) is 67.2 Å². The molecule has 178 valence electrons. The van der Waals surface area contributed by atoms with Crippen LogP contribution in [-0.2, 0) is 6.54 Å². The first-order valence-electron chi connectivity index (χ1n) is 12.4. The summed E-state index contributed by atoms with van der Waals surface area (Å²) in [6, 6.07) is 15.1. The van der Waals surface area contributed by atoms with Crippen molar-refractivity contribution >= 4 is 22.8 Å². The highest BCUT2D eigenvalue weighted by Gasteiger charge is 2.17. The number of anilines is 1. The number of carbonyl (C=O) groups is 1. The summed E-state index contributed by atoms with van der Waals surface area (Å²) in [5, 5.41) is 3.55. The van der Waals surface area contributed by atoms with Crippen LogP contribution in [0.3, 0.4) is 0 Å². The van der Waals surface area contributed by atoms with Crippen LogP contribution in [0.2, 0.25) is 0 Å². The van der Waals surface area contributed by atoms with Crippen molar-refractivity contribution in [3.8, 4) is 0 Å². The van der Waals surface area contributed by atoms with E-state index in [4.69, 9.17) is 4.98 Å². The van der Waals surface area contributed by atoms with E-state index in [9.17, 15) is 9.59 Å². The van der Waals surface area contributed by atoms with Crippen molar-refractivity contribution in [2.45, 2.75) is 52.5 Å². The second-order valence-corrected chi connectivity index (χ2v) is 8.81. The Morgan fingerprint density at radius 2 is 1.88 bits per heavy atom. The SMILES string of the molecule is CCN(CC)c1nc2cc(C(=O)NCCC3=CCCCC3)ccc2c(=O)n1Cc1ccccc1. The molecule has 0 unspecified atom stereocenters. The molecule has 0 bridgehead atoms. The number of hydrogen-bond donors (Lipinski definition) is 1. The lowest BCUT2D eigenvalue weighted by Crippen LogP contribution is -2.33. The van der Waals surface area contributed by atoms with Crippen LogP contribution >= 0.6 is 0 Å². The van der Waals surface area contributed by atoms with Gasteiger partial charge in [-0.2, -0.15) is 0 Å². The van der Waals surface area contributed by atoms with Crippen LogP contribution in [-0.4, -0.2) is 35.1 Å². The number of benzene rings is 2. The normalized spacial score (nSPS) is 13.5. The smallest absolute Gasteiger partial charge is 0.263 e. The fraction of sp³-hybridized carbons (Fsp3) is 0.393. The molecule has 1 aliphatic rings. The zero-order valence-corrected chi connectivity index (χ0v) is 20.2. The second kappa shape index (κ2) is 11.1. The molecule has 0 radical (unpaired) electrons. The number of rotatable bonds is 9. The van der Waals surface area contributed by atoms with Gasteiger partial charge in [-0.25, -0.2) is 4.98 Å². The van der Waals surface area contributed by atoms with E-state index in [2.05, 4.69) is 30.1 Å². The molecule has 1 aliphatic carbocycles. The largest absolute Gasteiger partial charge is 0.352 e. The van der Waals surface area contributed by atoms with E-state index in [0.717, 1.165) is 37.9 Å². The number of allylic oxidation sites excluding steroid dienone is 1. The number of aromatic nitrogens is 2. The number of carbonyl (C=O) groups excluding carboxylic acids is 1. The Hall–Kier alpha value is -3.41. The van der Waals surface area contributed by atoms with E-state index in [1.165, 1.54) is 18.4 Å². The highest BCUT2D eigenvalue weighted by molar-refractivity contribution is 5.97. The van der Waals surface area contributed by atoms with Gasteiger partial charge >= 0.3 is 0 Å². The summed E-state index contributed by atoms with van der Waals surface area (Å²) in [5.74, 6) is 0.506. The lowest BCUT2D eigenvalue weighted by atomic mass is 9.97. The maximum atomic E-state index is 13.5. The third kappa shape index (κ3) is 5.38. The van der Waals surface area contributed by atoms with Crippen molar-refractivity contribution in [3.63, 3.8) is 0 Å². The molecular weight excluding hydrogens is 424 g/mol. The highest BCUT2D eigenvalue weighted by atomic mass is 16.1. The second-order valence-electron chi connectivity index (χ2n) is 8.81. The molecule has 6 nitrogen and oxygen atoms in total. The molecule has 1 aromatic heterocycles. The molecule has 0 saturated heterocycles. The molecule has 0 saturated carbocycles. The minimum absolute atomic E-state index is 0.0908. The van der Waals surface area contributed by atoms with E-state index < -0.39 is 0 Å². The van der Waals surface area contributed by atoms with Gasteiger partial charge < -0.3 is 10.2 Å². The first-order chi connectivity index (χ1) is 16.6. The summed E-state index contributed by atoms with van der Waals surface area (Å²) in [4.78, 5) is 33.3. The molecular formula is C28H34N4O2. The highest BCUT2D eigenvalue weighted by Crippen LogP contribution is 2.20. The fourth-order valence-electron chi connectivity index (χ4n) is 4.58. The Morgan fingerprint density at radius 1 is 1.09 bits per heavy atom. The Kier molecular flexibility index (Phi) is 7.78. The monoisotopic (exact) mass is 458 g/mol. The first kappa shape index (κ1) is 23.7. The van der Waals surface area contributed by atoms with Gasteiger partial charge in [0.25, 0.3) is 11.5 Å². The van der Waals surface area contributed by atoms with Crippen LogP contribution in [0.4, 0.5) is 5.95 Å². The van der Waals surface area contributed by atoms with Gasteiger partial charge in [0, 0.05) is 25.2 Å². The maximum absolute atomic E-state index is 13.5. The molecule has 0 atom stereocenters. The third-order valence-electron chi connectivity index (χ3n) is 6.54. The van der Waals surface area contributed by atoms with E-state index in [1.807, 2.05) is 30.3 Å². The summed E-state index contributed by atoms with van der Waals surface area (Å²) >= 11 is 0. The van der Waals surface area contributed by atoms with Gasteiger partial charge in [-0.3, -0.25) is 14.2 Å². The lowest BCUT2D eigenvalue weighted by Gasteiger charge is -2.24. The summed E-state index contributed by atoms with van der Waals surface area (Å²) in [6.45, 7) is 6.65. The van der Waals surface area contributed by atoms with Crippen molar-refractivity contribution in [2.75, 3.05) is 24.5 Å². The number of hydrogen-bond acceptors (Lipinski definition) is 4. The number of nitrogens with one attached hydrogen (secondary N) is 1. The standard InChI is InChI=1S/C28H34N4O2/c1-3-31(4-2)28-30-25-19-23(26(33)29-18-17-21-11-7-5-8-12-21)15-16-24(25)27(34)32(28)20-22-13-9-6-10-14-22/h6,9-11,13-16,19H,3-5,7-8,12,17-18,20H2,1-2H3,(H,29,33). The molecule has 4 rings (SSSR count). The molecule has 3 aromatic rings. The number of fused-ring (bicyclic) bond motifs is 1. The van der Waals surface area contributed by atoms with Gasteiger partial charge in [-0.1, -0.05) is 42.0 Å². The van der Waals surface area contributed by atoms with Crippen molar-refractivity contribution in [2.24, 2.45) is 0 Å². The van der Waals surface area contributed by atoms with Gasteiger partial charge in [-0.15, -0.1) is 0 Å². The third-order valence-corrected chi connectivity index (χ3v) is 6.54. The van der Waals surface area contributed by atoms with Gasteiger partial charge in [-0.05, 0) is 69.7 Å². The van der Waals surface area contributed by atoms with E-state index in [-0.39, 0.29) is 11.5 Å². The first-order valence-corrected chi connectivity index (χ1v) is 12.4. The van der Waals surface area contributed by atoms with Gasteiger partial charge in [0.05, 0.1) is 17.4 Å². The Morgan fingerprint density at radius 3 is 2.59 bits per heavy atom. The average molecular weight is 459 g/mol. The van der Waals surface area contributed by atoms with Crippen molar-refractivity contribution in [3.05, 3.63) is 81.7 Å². The fourth-order valence-corrected chi connectivity index (χ4v) is 4.58. The quantitative estimate of drug-likeness (QED) is 0.463. The molecule has 34 heavy (non-hydrogen) atoms. The van der Waals surface area contributed by atoms with Crippen LogP contribution < -0.4 is 15.8 Å². The van der Waals surface area contributed by atoms with Crippen LogP contribution in [0, 0.1) is 0 Å². The molecule has 0 fully saturated rings. The van der Waals surface area contributed by atoms with Crippen molar-refractivity contribution < 1.29 is 4.79 Å². The molecule has 1 N–H and O–H groups in total. The van der Waals surface area contributed by atoms with Gasteiger partial charge in [0.2, 0.25) is 5.95 Å². The minimum Gasteiger partial charge on any atom is -0.352 e. The summed E-state index contributed by atoms with van der Waals surface area (Å²) in [7, 11) is 0. The number of amides is 1. The van der Waals surface area contributed by atoms with E-state index in [1.54, 1.807) is 22.8 Å². The van der Waals surface area contributed by atoms with Crippen molar-refractivity contribution in [1.82, 2.24) is 14.9 Å². The Balaban J connectivity index is 1.62. The predicted molar refractivity (Wildman–Crippen MR) is 139 cm³/mol. The molecule has 1 amide bonds. The summed E-state index contributed by atoms with van der Waals surface area (Å²) in [6.07, 6.45) is 8.00. The van der Waals surface area contributed by atoms with Crippen LogP contribution in [0.25, 0.3) is 10.9 Å².